The number of anilines is 2. The summed E-state index contributed by atoms with van der Waals surface area (Å²) in [6.45, 7) is 15.7. The van der Waals surface area contributed by atoms with Gasteiger partial charge < -0.3 is 10.2 Å². The molecule has 2 aliphatic heterocycles. The van der Waals surface area contributed by atoms with Gasteiger partial charge in [-0.05, 0) is 63.9 Å². The molecular weight excluding hydrogens is 456 g/mol. The Bertz CT molecular complexity index is 1080. The number of rotatable bonds is 6. The summed E-state index contributed by atoms with van der Waals surface area (Å²) in [5.41, 5.74) is 4.84. The van der Waals surface area contributed by atoms with Crippen molar-refractivity contribution >= 4 is 35.0 Å². The van der Waals surface area contributed by atoms with Gasteiger partial charge in [0.05, 0.1) is 5.69 Å². The van der Waals surface area contributed by atoms with Crippen LogP contribution in [0.5, 0.6) is 0 Å². The fourth-order valence-electron chi connectivity index (χ4n) is 4.98. The molecule has 0 unspecified atom stereocenters. The number of hydrogen-bond acceptors (Lipinski definition) is 5. The zero-order chi connectivity index (χ0) is 25.2. The van der Waals surface area contributed by atoms with Crippen LogP contribution in [0.25, 0.3) is 0 Å². The number of fused-ring (bicyclic) bond motifs is 1. The third kappa shape index (κ3) is 5.84. The number of nitrogens with one attached hydrogen (secondary N) is 1. The number of amides is 2. The quantitative estimate of drug-likeness (QED) is 0.651. The fourth-order valence-corrected chi connectivity index (χ4v) is 6.19. The molecule has 7 heteroatoms. The molecule has 2 aromatic rings. The van der Waals surface area contributed by atoms with Crippen molar-refractivity contribution in [2.45, 2.75) is 56.7 Å². The highest BCUT2D eigenvalue weighted by molar-refractivity contribution is 8.00. The molecule has 4 rings (SSSR count). The Kier molecular flexibility index (Phi) is 7.77. The number of thioether (sulfide) groups is 1. The van der Waals surface area contributed by atoms with Crippen LogP contribution in [0.15, 0.2) is 47.4 Å². The Hall–Kier alpha value is -2.51. The highest BCUT2D eigenvalue weighted by Crippen LogP contribution is 2.44. The summed E-state index contributed by atoms with van der Waals surface area (Å²) in [7, 11) is 0. The molecule has 0 saturated carbocycles. The minimum Gasteiger partial charge on any atom is -0.369 e. The van der Waals surface area contributed by atoms with Crippen LogP contribution >= 0.6 is 11.8 Å². The second-order valence-electron chi connectivity index (χ2n) is 10.3. The summed E-state index contributed by atoms with van der Waals surface area (Å²) >= 11 is 1.70. The number of carbonyl (C=O) groups is 2. The first-order chi connectivity index (χ1) is 16.7. The summed E-state index contributed by atoms with van der Waals surface area (Å²) < 4.78 is -0.211. The van der Waals surface area contributed by atoms with Gasteiger partial charge in [0.25, 0.3) is 0 Å². The van der Waals surface area contributed by atoms with E-state index in [-0.39, 0.29) is 16.6 Å². The minimum atomic E-state index is -0.556. The van der Waals surface area contributed by atoms with Crippen molar-refractivity contribution in [2.75, 3.05) is 49.1 Å². The van der Waals surface area contributed by atoms with Crippen molar-refractivity contribution < 1.29 is 9.59 Å². The summed E-state index contributed by atoms with van der Waals surface area (Å²) in [6.07, 6.45) is 0.397. The largest absolute Gasteiger partial charge is 0.369 e. The Morgan fingerprint density at radius 3 is 2.46 bits per heavy atom. The third-order valence-corrected chi connectivity index (χ3v) is 8.40. The molecule has 2 heterocycles. The van der Waals surface area contributed by atoms with Crippen LogP contribution in [-0.4, -0.2) is 66.8 Å². The predicted octanol–water partition coefficient (Wildman–Crippen LogP) is 4.24. The Morgan fingerprint density at radius 2 is 1.71 bits per heavy atom. The number of benzene rings is 2. The number of piperazine rings is 1. The zero-order valence-electron chi connectivity index (χ0n) is 21.6. The van der Waals surface area contributed by atoms with Crippen molar-refractivity contribution in [3.05, 3.63) is 53.6 Å². The van der Waals surface area contributed by atoms with E-state index < -0.39 is 6.04 Å². The van der Waals surface area contributed by atoms with E-state index in [1.807, 2.05) is 31.2 Å². The number of aryl methyl sites for hydroxylation is 1. The van der Waals surface area contributed by atoms with E-state index in [2.05, 4.69) is 61.0 Å². The molecular formula is C28H38N4O2S. The first kappa shape index (κ1) is 25.6. The van der Waals surface area contributed by atoms with Gasteiger partial charge in [-0.1, -0.05) is 24.3 Å². The first-order valence-corrected chi connectivity index (χ1v) is 13.4. The minimum absolute atomic E-state index is 0.00216. The average Bonchev–Trinajstić information content (AvgIpc) is 2.92. The molecule has 2 amide bonds. The average molecular weight is 495 g/mol. The van der Waals surface area contributed by atoms with Gasteiger partial charge in [0.2, 0.25) is 11.8 Å². The Labute approximate surface area is 214 Å². The maximum absolute atomic E-state index is 13.2. The summed E-state index contributed by atoms with van der Waals surface area (Å²) in [5, 5.41) is 3.08. The van der Waals surface area contributed by atoms with Crippen molar-refractivity contribution in [3.8, 4) is 0 Å². The van der Waals surface area contributed by atoms with E-state index in [9.17, 15) is 9.59 Å². The van der Waals surface area contributed by atoms with Crippen LogP contribution in [-0.2, 0) is 9.59 Å². The third-order valence-electron chi connectivity index (χ3n) is 7.14. The van der Waals surface area contributed by atoms with Crippen LogP contribution in [0.1, 0.15) is 38.3 Å². The monoisotopic (exact) mass is 494 g/mol. The van der Waals surface area contributed by atoms with E-state index in [0.717, 1.165) is 43.3 Å². The molecule has 0 bridgehead atoms. The predicted molar refractivity (Wildman–Crippen MR) is 146 cm³/mol. The Morgan fingerprint density at radius 1 is 1.03 bits per heavy atom. The van der Waals surface area contributed by atoms with Gasteiger partial charge in [-0.2, -0.15) is 0 Å². The maximum atomic E-state index is 13.2. The fraction of sp³-hybridized carbons (Fsp3) is 0.500. The highest BCUT2D eigenvalue weighted by Gasteiger charge is 2.37. The molecule has 2 aliphatic rings. The van der Waals surface area contributed by atoms with Crippen LogP contribution in [0.2, 0.25) is 0 Å². The smallest absolute Gasteiger partial charge is 0.242 e. The summed E-state index contributed by atoms with van der Waals surface area (Å²) in [5.74, 6) is -0.107. The lowest BCUT2D eigenvalue weighted by molar-refractivity contribution is -0.126. The number of para-hydroxylation sites is 1. The van der Waals surface area contributed by atoms with Crippen molar-refractivity contribution in [1.82, 2.24) is 10.2 Å². The topological polar surface area (TPSA) is 55.9 Å². The second kappa shape index (κ2) is 10.6. The van der Waals surface area contributed by atoms with Gasteiger partial charge in [-0.3, -0.25) is 19.4 Å². The van der Waals surface area contributed by atoms with Crippen LogP contribution < -0.4 is 15.1 Å². The van der Waals surface area contributed by atoms with E-state index >= 15 is 0 Å². The lowest BCUT2D eigenvalue weighted by atomic mass is 10.1. The highest BCUT2D eigenvalue weighted by atomic mass is 32.2. The zero-order valence-corrected chi connectivity index (χ0v) is 22.5. The van der Waals surface area contributed by atoms with Gasteiger partial charge >= 0.3 is 0 Å². The van der Waals surface area contributed by atoms with Crippen molar-refractivity contribution in [1.29, 1.82) is 0 Å². The molecule has 1 atom stereocenters. The van der Waals surface area contributed by atoms with Gasteiger partial charge in [-0.25, -0.2) is 0 Å². The van der Waals surface area contributed by atoms with Crippen molar-refractivity contribution in [3.63, 3.8) is 0 Å². The van der Waals surface area contributed by atoms with E-state index in [1.54, 1.807) is 16.7 Å². The number of hydrogen-bond donors (Lipinski definition) is 1. The lowest BCUT2D eigenvalue weighted by Gasteiger charge is -2.37. The molecule has 1 N–H and O–H groups in total. The van der Waals surface area contributed by atoms with E-state index in [1.165, 1.54) is 16.8 Å². The van der Waals surface area contributed by atoms with Gasteiger partial charge in [0.1, 0.15) is 6.04 Å². The second-order valence-corrected chi connectivity index (χ2v) is 12.0. The van der Waals surface area contributed by atoms with Gasteiger partial charge in [-0.15, -0.1) is 11.8 Å². The normalized spacial score (nSPS) is 19.2. The SMILES string of the molecule is Cc1cccc(N2CCN(CCNC(=O)[C@H](C)N3C(=O)CC(C)(C)Sc4ccccc43)CC2)c1C. The van der Waals surface area contributed by atoms with Crippen LogP contribution in [0.4, 0.5) is 11.4 Å². The molecule has 2 aromatic carbocycles. The van der Waals surface area contributed by atoms with Crippen molar-refractivity contribution in [2.24, 2.45) is 0 Å². The molecule has 0 aromatic heterocycles. The maximum Gasteiger partial charge on any atom is 0.242 e. The van der Waals surface area contributed by atoms with E-state index in [0.29, 0.717) is 13.0 Å². The Balaban J connectivity index is 1.31. The molecule has 1 fully saturated rings. The van der Waals surface area contributed by atoms with E-state index in [4.69, 9.17) is 0 Å². The molecule has 0 radical (unpaired) electrons. The van der Waals surface area contributed by atoms with Gasteiger partial charge in [0, 0.05) is 61.0 Å². The molecule has 6 nitrogen and oxygen atoms in total. The van der Waals surface area contributed by atoms with Crippen LogP contribution in [0.3, 0.4) is 0 Å². The van der Waals surface area contributed by atoms with Crippen LogP contribution in [0, 0.1) is 13.8 Å². The number of carbonyl (C=O) groups excluding carboxylic acids is 2. The molecule has 0 spiro atoms. The molecule has 0 aliphatic carbocycles. The summed E-state index contributed by atoms with van der Waals surface area (Å²) in [6, 6.07) is 13.9. The van der Waals surface area contributed by atoms with Gasteiger partial charge in [0.15, 0.2) is 0 Å². The molecule has 35 heavy (non-hydrogen) atoms. The number of nitrogens with zero attached hydrogens (tertiary/aromatic N) is 3. The molecule has 188 valence electrons. The standard InChI is InChI=1S/C28H38N4O2S/c1-20-9-8-11-23(21(20)2)31-17-15-30(16-18-31)14-13-29-27(34)22(3)32-24-10-6-7-12-25(24)35-28(4,5)19-26(32)33/h6-12,22H,13-19H2,1-5H3,(H,29,34)/t22-/m0/s1. The molecule has 1 saturated heterocycles. The lowest BCUT2D eigenvalue weighted by Crippen LogP contribution is -2.51. The first-order valence-electron chi connectivity index (χ1n) is 12.6. The summed E-state index contributed by atoms with van der Waals surface area (Å²) in [4.78, 5) is 33.8.